The summed E-state index contributed by atoms with van der Waals surface area (Å²) in [5, 5.41) is 0. The molecule has 0 aliphatic rings. The molecule has 0 saturated carbocycles. The summed E-state index contributed by atoms with van der Waals surface area (Å²) in [5.41, 5.74) is 5.54. The zero-order chi connectivity index (χ0) is 11.1. The van der Waals surface area contributed by atoms with Crippen LogP contribution in [-0.2, 0) is 0 Å². The highest BCUT2D eigenvalue weighted by atomic mass is 15.2. The first kappa shape index (κ1) is 12.0. The molecule has 84 valence electrons. The van der Waals surface area contributed by atoms with E-state index in [0.717, 1.165) is 31.9 Å². The van der Waals surface area contributed by atoms with Crippen LogP contribution in [0.5, 0.6) is 0 Å². The highest BCUT2D eigenvalue weighted by molar-refractivity contribution is 5.37. The summed E-state index contributed by atoms with van der Waals surface area (Å²) in [6.07, 6.45) is 2.86. The van der Waals surface area contributed by atoms with Gasteiger partial charge in [-0.2, -0.15) is 0 Å². The topological polar surface area (TPSA) is 42.1 Å². The molecule has 0 aliphatic carbocycles. The standard InChI is InChI=1S/C12H21N3/c1-11(2)10-15(9-5-7-13)12-6-3-4-8-14-12/h3-4,6,8,11H,5,7,9-10,13H2,1-2H3. The number of hydrogen-bond donors (Lipinski definition) is 1. The molecule has 1 aromatic heterocycles. The molecule has 2 N–H and O–H groups in total. The minimum Gasteiger partial charge on any atom is -0.356 e. The summed E-state index contributed by atoms with van der Waals surface area (Å²) in [6, 6.07) is 6.02. The predicted octanol–water partition coefficient (Wildman–Crippen LogP) is 1.89. The van der Waals surface area contributed by atoms with Crippen LogP contribution >= 0.6 is 0 Å². The van der Waals surface area contributed by atoms with Crippen molar-refractivity contribution in [1.82, 2.24) is 4.98 Å². The first-order valence-corrected chi connectivity index (χ1v) is 5.60. The molecule has 0 fully saturated rings. The summed E-state index contributed by atoms with van der Waals surface area (Å²) in [5.74, 6) is 1.70. The molecular formula is C12H21N3. The van der Waals surface area contributed by atoms with Crippen molar-refractivity contribution < 1.29 is 0 Å². The fourth-order valence-electron chi connectivity index (χ4n) is 1.56. The lowest BCUT2D eigenvalue weighted by Crippen LogP contribution is -2.30. The van der Waals surface area contributed by atoms with Gasteiger partial charge in [0, 0.05) is 19.3 Å². The first-order chi connectivity index (χ1) is 7.24. The highest BCUT2D eigenvalue weighted by Crippen LogP contribution is 2.11. The Kier molecular flexibility index (Phi) is 5.12. The van der Waals surface area contributed by atoms with E-state index in [1.165, 1.54) is 0 Å². The van der Waals surface area contributed by atoms with Gasteiger partial charge < -0.3 is 10.6 Å². The number of aromatic nitrogens is 1. The van der Waals surface area contributed by atoms with E-state index >= 15 is 0 Å². The van der Waals surface area contributed by atoms with Crippen molar-refractivity contribution in [3.05, 3.63) is 24.4 Å². The van der Waals surface area contributed by atoms with Crippen molar-refractivity contribution in [3.63, 3.8) is 0 Å². The molecule has 0 amide bonds. The van der Waals surface area contributed by atoms with Crippen molar-refractivity contribution in [3.8, 4) is 0 Å². The Hall–Kier alpha value is -1.09. The van der Waals surface area contributed by atoms with E-state index in [1.807, 2.05) is 18.3 Å². The van der Waals surface area contributed by atoms with Crippen LogP contribution in [0.4, 0.5) is 5.82 Å². The SMILES string of the molecule is CC(C)CN(CCCN)c1ccccn1. The van der Waals surface area contributed by atoms with Gasteiger partial charge in [0.1, 0.15) is 5.82 Å². The van der Waals surface area contributed by atoms with Crippen molar-refractivity contribution in [2.45, 2.75) is 20.3 Å². The maximum atomic E-state index is 5.54. The average Bonchev–Trinajstić information content (AvgIpc) is 2.25. The van der Waals surface area contributed by atoms with Gasteiger partial charge in [-0.1, -0.05) is 19.9 Å². The zero-order valence-corrected chi connectivity index (χ0v) is 9.69. The van der Waals surface area contributed by atoms with Gasteiger partial charge in [0.15, 0.2) is 0 Å². The molecule has 0 bridgehead atoms. The molecule has 3 heteroatoms. The monoisotopic (exact) mass is 207 g/mol. The second kappa shape index (κ2) is 6.40. The maximum Gasteiger partial charge on any atom is 0.128 e. The van der Waals surface area contributed by atoms with Crippen LogP contribution in [0.1, 0.15) is 20.3 Å². The van der Waals surface area contributed by atoms with Gasteiger partial charge in [-0.05, 0) is 31.0 Å². The summed E-state index contributed by atoms with van der Waals surface area (Å²) in [4.78, 5) is 6.67. The van der Waals surface area contributed by atoms with Crippen molar-refractivity contribution in [2.75, 3.05) is 24.5 Å². The minimum absolute atomic E-state index is 0.643. The van der Waals surface area contributed by atoms with Crippen molar-refractivity contribution in [2.24, 2.45) is 11.7 Å². The zero-order valence-electron chi connectivity index (χ0n) is 9.69. The molecule has 0 unspecified atom stereocenters. The lowest BCUT2D eigenvalue weighted by atomic mass is 10.2. The molecule has 0 radical (unpaired) electrons. The van der Waals surface area contributed by atoms with Crippen LogP contribution < -0.4 is 10.6 Å². The summed E-state index contributed by atoms with van der Waals surface area (Å²) < 4.78 is 0. The number of rotatable bonds is 6. The van der Waals surface area contributed by atoms with Crippen LogP contribution in [0.3, 0.4) is 0 Å². The van der Waals surface area contributed by atoms with Gasteiger partial charge >= 0.3 is 0 Å². The highest BCUT2D eigenvalue weighted by Gasteiger charge is 2.08. The second-order valence-corrected chi connectivity index (χ2v) is 4.17. The smallest absolute Gasteiger partial charge is 0.128 e. The van der Waals surface area contributed by atoms with Crippen LogP contribution in [0.25, 0.3) is 0 Å². The Morgan fingerprint density at radius 2 is 2.20 bits per heavy atom. The Morgan fingerprint density at radius 1 is 1.40 bits per heavy atom. The van der Waals surface area contributed by atoms with Gasteiger partial charge in [0.05, 0.1) is 0 Å². The molecule has 1 aromatic rings. The molecule has 15 heavy (non-hydrogen) atoms. The third-order valence-electron chi connectivity index (χ3n) is 2.19. The van der Waals surface area contributed by atoms with Gasteiger partial charge in [-0.25, -0.2) is 4.98 Å². The Balaban J connectivity index is 2.63. The van der Waals surface area contributed by atoms with E-state index in [0.29, 0.717) is 5.92 Å². The van der Waals surface area contributed by atoms with Crippen LogP contribution in [0, 0.1) is 5.92 Å². The third-order valence-corrected chi connectivity index (χ3v) is 2.19. The van der Waals surface area contributed by atoms with Crippen molar-refractivity contribution in [1.29, 1.82) is 0 Å². The summed E-state index contributed by atoms with van der Waals surface area (Å²) in [7, 11) is 0. The summed E-state index contributed by atoms with van der Waals surface area (Å²) >= 11 is 0. The predicted molar refractivity (Wildman–Crippen MR) is 65.0 cm³/mol. The molecule has 0 aliphatic heterocycles. The van der Waals surface area contributed by atoms with Gasteiger partial charge in [0.25, 0.3) is 0 Å². The number of pyridine rings is 1. The lowest BCUT2D eigenvalue weighted by Gasteiger charge is -2.25. The molecule has 3 nitrogen and oxygen atoms in total. The van der Waals surface area contributed by atoms with Crippen LogP contribution in [0.15, 0.2) is 24.4 Å². The fraction of sp³-hybridized carbons (Fsp3) is 0.583. The number of nitrogens with two attached hydrogens (primary N) is 1. The Bertz CT molecular complexity index is 259. The molecule has 0 spiro atoms. The van der Waals surface area contributed by atoms with Crippen LogP contribution in [-0.4, -0.2) is 24.6 Å². The van der Waals surface area contributed by atoms with E-state index in [-0.39, 0.29) is 0 Å². The Labute approximate surface area is 92.3 Å². The first-order valence-electron chi connectivity index (χ1n) is 5.60. The summed E-state index contributed by atoms with van der Waals surface area (Å²) in [6.45, 7) is 7.21. The average molecular weight is 207 g/mol. The molecule has 0 aromatic carbocycles. The number of hydrogen-bond acceptors (Lipinski definition) is 3. The molecule has 0 atom stereocenters. The minimum atomic E-state index is 0.643. The second-order valence-electron chi connectivity index (χ2n) is 4.17. The lowest BCUT2D eigenvalue weighted by molar-refractivity contribution is 0.596. The van der Waals surface area contributed by atoms with E-state index in [2.05, 4.69) is 29.8 Å². The maximum absolute atomic E-state index is 5.54. The van der Waals surface area contributed by atoms with Crippen molar-refractivity contribution >= 4 is 5.82 Å². The van der Waals surface area contributed by atoms with Gasteiger partial charge in [0.2, 0.25) is 0 Å². The van der Waals surface area contributed by atoms with E-state index in [4.69, 9.17) is 5.73 Å². The molecular weight excluding hydrogens is 186 g/mol. The number of anilines is 1. The normalized spacial score (nSPS) is 10.7. The van der Waals surface area contributed by atoms with Gasteiger partial charge in [-0.15, -0.1) is 0 Å². The van der Waals surface area contributed by atoms with Gasteiger partial charge in [-0.3, -0.25) is 0 Å². The molecule has 0 saturated heterocycles. The number of nitrogens with zero attached hydrogens (tertiary/aromatic N) is 2. The van der Waals surface area contributed by atoms with E-state index in [9.17, 15) is 0 Å². The molecule has 1 rings (SSSR count). The largest absolute Gasteiger partial charge is 0.356 e. The van der Waals surface area contributed by atoms with E-state index < -0.39 is 0 Å². The Morgan fingerprint density at radius 3 is 2.73 bits per heavy atom. The third kappa shape index (κ3) is 4.30. The molecule has 1 heterocycles. The fourth-order valence-corrected chi connectivity index (χ4v) is 1.56. The van der Waals surface area contributed by atoms with E-state index in [1.54, 1.807) is 0 Å². The van der Waals surface area contributed by atoms with Crippen LogP contribution in [0.2, 0.25) is 0 Å². The quantitative estimate of drug-likeness (QED) is 0.774.